The number of aryl methyl sites for hydroxylation is 1. The largest absolute Gasteiger partial charge is 0.466 e. The molecule has 136 valence electrons. The number of hydrogen-bond acceptors (Lipinski definition) is 7. The minimum atomic E-state index is -0.635. The molecule has 0 amide bonds. The molecule has 0 bridgehead atoms. The number of aromatic nitrogens is 2. The van der Waals surface area contributed by atoms with Crippen LogP contribution in [0.3, 0.4) is 0 Å². The zero-order chi connectivity index (χ0) is 18.7. The molecule has 0 radical (unpaired) electrons. The van der Waals surface area contributed by atoms with Crippen molar-refractivity contribution in [2.24, 2.45) is 7.05 Å². The molecular weight excluding hydrogens is 338 g/mol. The lowest BCUT2D eigenvalue weighted by molar-refractivity contribution is -0.140. The molecule has 0 saturated heterocycles. The van der Waals surface area contributed by atoms with Gasteiger partial charge in [-0.2, -0.15) is 5.10 Å². The standard InChI is InChI=1S/C18H19N3O5/c1-20-9-8-14(19-20)12-6-4-5-7-15(12)21-11-26-10-13(17(22)24-2)16(21)18(23)25-3/h4-9H,10-11H2,1-3H3. The summed E-state index contributed by atoms with van der Waals surface area (Å²) in [6, 6.07) is 9.30. The highest BCUT2D eigenvalue weighted by atomic mass is 16.5. The van der Waals surface area contributed by atoms with E-state index in [0.29, 0.717) is 5.69 Å². The Morgan fingerprint density at radius 1 is 1.12 bits per heavy atom. The first-order valence-corrected chi connectivity index (χ1v) is 7.91. The van der Waals surface area contributed by atoms with Gasteiger partial charge in [0.1, 0.15) is 12.4 Å². The van der Waals surface area contributed by atoms with Crippen molar-refractivity contribution in [3.8, 4) is 11.3 Å². The molecule has 0 spiro atoms. The number of anilines is 1. The SMILES string of the molecule is COC(=O)C1=C(C(=O)OC)N(c2ccccc2-c2ccn(C)n2)COC1. The molecule has 0 aliphatic carbocycles. The van der Waals surface area contributed by atoms with E-state index in [1.165, 1.54) is 14.2 Å². The number of benzene rings is 1. The van der Waals surface area contributed by atoms with Gasteiger partial charge in [-0.15, -0.1) is 0 Å². The van der Waals surface area contributed by atoms with Crippen molar-refractivity contribution in [3.63, 3.8) is 0 Å². The first-order chi connectivity index (χ1) is 12.6. The van der Waals surface area contributed by atoms with E-state index >= 15 is 0 Å². The second-order valence-corrected chi connectivity index (χ2v) is 5.61. The van der Waals surface area contributed by atoms with E-state index in [2.05, 4.69) is 5.10 Å². The van der Waals surface area contributed by atoms with Crippen LogP contribution in [0.5, 0.6) is 0 Å². The first-order valence-electron chi connectivity index (χ1n) is 7.91. The fourth-order valence-corrected chi connectivity index (χ4v) is 2.82. The molecule has 0 atom stereocenters. The van der Waals surface area contributed by atoms with Crippen LogP contribution in [0, 0.1) is 0 Å². The van der Waals surface area contributed by atoms with Crippen LogP contribution < -0.4 is 4.90 Å². The van der Waals surface area contributed by atoms with Crippen LogP contribution in [0.25, 0.3) is 11.3 Å². The second-order valence-electron chi connectivity index (χ2n) is 5.61. The van der Waals surface area contributed by atoms with Gasteiger partial charge < -0.3 is 19.1 Å². The van der Waals surface area contributed by atoms with Gasteiger partial charge in [-0.05, 0) is 12.1 Å². The summed E-state index contributed by atoms with van der Waals surface area (Å²) in [7, 11) is 4.35. The lowest BCUT2D eigenvalue weighted by Gasteiger charge is -2.32. The Morgan fingerprint density at radius 3 is 2.50 bits per heavy atom. The highest BCUT2D eigenvalue weighted by Gasteiger charge is 2.33. The summed E-state index contributed by atoms with van der Waals surface area (Å²) in [5.41, 5.74) is 2.42. The van der Waals surface area contributed by atoms with Crippen molar-refractivity contribution < 1.29 is 23.8 Å². The number of hydrogen-bond donors (Lipinski definition) is 0. The highest BCUT2D eigenvalue weighted by molar-refractivity contribution is 6.04. The van der Waals surface area contributed by atoms with Gasteiger partial charge in [0.15, 0.2) is 0 Å². The van der Waals surface area contributed by atoms with E-state index < -0.39 is 11.9 Å². The minimum absolute atomic E-state index is 0.0284. The van der Waals surface area contributed by atoms with Crippen molar-refractivity contribution in [3.05, 3.63) is 47.8 Å². The van der Waals surface area contributed by atoms with Crippen molar-refractivity contribution in [2.45, 2.75) is 0 Å². The molecule has 0 saturated carbocycles. The van der Waals surface area contributed by atoms with Gasteiger partial charge in [-0.1, -0.05) is 18.2 Å². The zero-order valence-electron chi connectivity index (χ0n) is 14.8. The molecular formula is C18H19N3O5. The van der Waals surface area contributed by atoms with Crippen molar-refractivity contribution >= 4 is 17.6 Å². The third-order valence-electron chi connectivity index (χ3n) is 4.02. The molecule has 1 aromatic carbocycles. The van der Waals surface area contributed by atoms with Crippen LogP contribution in [0.4, 0.5) is 5.69 Å². The monoisotopic (exact) mass is 357 g/mol. The summed E-state index contributed by atoms with van der Waals surface area (Å²) >= 11 is 0. The number of carbonyl (C=O) groups is 2. The summed E-state index contributed by atoms with van der Waals surface area (Å²) < 4.78 is 16.9. The number of ether oxygens (including phenoxy) is 3. The first kappa shape index (κ1) is 17.7. The van der Waals surface area contributed by atoms with E-state index in [1.807, 2.05) is 43.6 Å². The van der Waals surface area contributed by atoms with Crippen LogP contribution in [-0.4, -0.2) is 49.3 Å². The molecule has 0 N–H and O–H groups in total. The van der Waals surface area contributed by atoms with Crippen LogP contribution >= 0.6 is 0 Å². The summed E-state index contributed by atoms with van der Waals surface area (Å²) in [5.74, 6) is -1.27. The molecule has 8 nitrogen and oxygen atoms in total. The number of rotatable bonds is 4. The second kappa shape index (κ2) is 7.40. The molecule has 2 heterocycles. The molecule has 1 aliphatic heterocycles. The van der Waals surface area contributed by atoms with Gasteiger partial charge in [0.05, 0.1) is 37.8 Å². The number of methoxy groups -OCH3 is 2. The predicted molar refractivity (Wildman–Crippen MR) is 93.0 cm³/mol. The topological polar surface area (TPSA) is 82.9 Å². The molecule has 8 heteroatoms. The van der Waals surface area contributed by atoms with Gasteiger partial charge in [0.25, 0.3) is 0 Å². The summed E-state index contributed by atoms with van der Waals surface area (Å²) in [6.45, 7) is 0.0636. The van der Waals surface area contributed by atoms with Crippen LogP contribution in [0.1, 0.15) is 0 Å². The van der Waals surface area contributed by atoms with Crippen molar-refractivity contribution in [1.82, 2.24) is 9.78 Å². The van der Waals surface area contributed by atoms with Gasteiger partial charge >= 0.3 is 11.9 Å². The number of esters is 2. The van der Waals surface area contributed by atoms with Gasteiger partial charge in [0, 0.05) is 18.8 Å². The molecule has 0 fully saturated rings. The maximum Gasteiger partial charge on any atom is 0.355 e. The Morgan fingerprint density at radius 2 is 1.85 bits per heavy atom. The molecule has 26 heavy (non-hydrogen) atoms. The van der Waals surface area contributed by atoms with E-state index in [4.69, 9.17) is 14.2 Å². The Hall–Kier alpha value is -3.13. The van der Waals surface area contributed by atoms with Crippen molar-refractivity contribution in [1.29, 1.82) is 0 Å². The maximum atomic E-state index is 12.4. The summed E-state index contributed by atoms with van der Waals surface area (Å²) in [5, 5.41) is 4.42. The minimum Gasteiger partial charge on any atom is -0.466 e. The van der Waals surface area contributed by atoms with Crippen molar-refractivity contribution in [2.75, 3.05) is 32.5 Å². The average molecular weight is 357 g/mol. The number of nitrogens with zero attached hydrogens (tertiary/aromatic N) is 3. The van der Waals surface area contributed by atoms with Crippen LogP contribution in [-0.2, 0) is 30.8 Å². The summed E-state index contributed by atoms with van der Waals surface area (Å²) in [6.07, 6.45) is 1.83. The average Bonchev–Trinajstić information content (AvgIpc) is 3.12. The van der Waals surface area contributed by atoms with Gasteiger partial charge in [0.2, 0.25) is 0 Å². The maximum absolute atomic E-state index is 12.4. The Bertz CT molecular complexity index is 871. The van der Waals surface area contributed by atoms with Crippen LogP contribution in [0.15, 0.2) is 47.8 Å². The Labute approximate surface area is 150 Å². The zero-order valence-corrected chi connectivity index (χ0v) is 14.8. The van der Waals surface area contributed by atoms with Crippen LogP contribution in [0.2, 0.25) is 0 Å². The van der Waals surface area contributed by atoms with Gasteiger partial charge in [-0.3, -0.25) is 4.68 Å². The predicted octanol–water partition coefficient (Wildman–Crippen LogP) is 1.48. The van der Waals surface area contributed by atoms with E-state index in [-0.39, 0.29) is 24.6 Å². The summed E-state index contributed by atoms with van der Waals surface area (Å²) in [4.78, 5) is 26.2. The fraction of sp³-hybridized carbons (Fsp3) is 0.278. The lowest BCUT2D eigenvalue weighted by atomic mass is 10.1. The van der Waals surface area contributed by atoms with Gasteiger partial charge in [-0.25, -0.2) is 9.59 Å². The molecule has 3 rings (SSSR count). The third-order valence-corrected chi connectivity index (χ3v) is 4.02. The Balaban J connectivity index is 2.16. The number of para-hydroxylation sites is 1. The quantitative estimate of drug-likeness (QED) is 0.767. The highest BCUT2D eigenvalue weighted by Crippen LogP contribution is 2.34. The third kappa shape index (κ3) is 3.18. The van der Waals surface area contributed by atoms with E-state index in [1.54, 1.807) is 9.58 Å². The molecule has 2 aromatic rings. The lowest BCUT2D eigenvalue weighted by Crippen LogP contribution is -2.39. The number of carbonyl (C=O) groups excluding carboxylic acids is 2. The molecule has 1 aromatic heterocycles. The normalized spacial score (nSPS) is 14.3. The Kier molecular flexibility index (Phi) is 5.04. The fourth-order valence-electron chi connectivity index (χ4n) is 2.82. The molecule has 0 unspecified atom stereocenters. The van der Waals surface area contributed by atoms with E-state index in [9.17, 15) is 9.59 Å². The van der Waals surface area contributed by atoms with E-state index in [0.717, 1.165) is 11.3 Å². The smallest absolute Gasteiger partial charge is 0.355 e. The molecule has 1 aliphatic rings.